The Morgan fingerprint density at radius 3 is 2.68 bits per heavy atom. The minimum Gasteiger partial charge on any atom is -0.379 e. The molecule has 3 rings (SSSR count). The van der Waals surface area contributed by atoms with Gasteiger partial charge in [0, 0.05) is 38.8 Å². The first kappa shape index (κ1) is 18.8. The van der Waals surface area contributed by atoms with E-state index in [-0.39, 0.29) is 10.9 Å². The maximum atomic E-state index is 13.4. The van der Waals surface area contributed by atoms with Crippen molar-refractivity contribution < 1.29 is 17.7 Å². The number of hydrogen-bond donors (Lipinski definition) is 1. The van der Waals surface area contributed by atoms with Gasteiger partial charge in [-0.1, -0.05) is 5.16 Å². The maximum Gasteiger partial charge on any atom is 0.248 e. The Balaban J connectivity index is 1.81. The fourth-order valence-corrected chi connectivity index (χ4v) is 5.54. The molecular formula is C16H28N4O4S. The molecule has 0 spiro atoms. The van der Waals surface area contributed by atoms with Gasteiger partial charge in [-0.3, -0.25) is 4.90 Å². The van der Waals surface area contributed by atoms with Crippen LogP contribution >= 0.6 is 0 Å². The van der Waals surface area contributed by atoms with E-state index in [0.717, 1.165) is 32.5 Å². The summed E-state index contributed by atoms with van der Waals surface area (Å²) < 4.78 is 38.9. The Labute approximate surface area is 149 Å². The van der Waals surface area contributed by atoms with Crippen LogP contribution in [0.2, 0.25) is 0 Å². The average Bonchev–Trinajstić information content (AvgIpc) is 2.96. The zero-order valence-electron chi connectivity index (χ0n) is 15.0. The van der Waals surface area contributed by atoms with Gasteiger partial charge < -0.3 is 14.6 Å². The van der Waals surface area contributed by atoms with Crippen LogP contribution in [0.25, 0.3) is 0 Å². The first-order valence-electron chi connectivity index (χ1n) is 8.95. The molecule has 2 aliphatic rings. The standard InChI is InChI=1S/C16H28N4O4S/c1-13-16(14(2)24-18-13)25(21,22)20(15-4-3-5-17-12-15)7-6-19-8-10-23-11-9-19/h15,17H,3-12H2,1-2H3. The lowest BCUT2D eigenvalue weighted by molar-refractivity contribution is 0.0349. The summed E-state index contributed by atoms with van der Waals surface area (Å²) >= 11 is 0. The molecule has 1 aromatic rings. The van der Waals surface area contributed by atoms with Crippen molar-refractivity contribution >= 4 is 10.0 Å². The van der Waals surface area contributed by atoms with Gasteiger partial charge in [0.25, 0.3) is 0 Å². The quantitative estimate of drug-likeness (QED) is 0.772. The molecule has 2 fully saturated rings. The predicted octanol–water partition coefficient (Wildman–Crippen LogP) is 0.366. The monoisotopic (exact) mass is 372 g/mol. The van der Waals surface area contributed by atoms with Crippen molar-refractivity contribution in [2.75, 3.05) is 52.5 Å². The van der Waals surface area contributed by atoms with Crippen LogP contribution in [0, 0.1) is 13.8 Å². The lowest BCUT2D eigenvalue weighted by atomic mass is 10.1. The molecule has 1 unspecified atom stereocenters. The van der Waals surface area contributed by atoms with Gasteiger partial charge in [-0.2, -0.15) is 4.31 Å². The second-order valence-electron chi connectivity index (χ2n) is 6.72. The van der Waals surface area contributed by atoms with Crippen LogP contribution in [0.5, 0.6) is 0 Å². The first-order valence-corrected chi connectivity index (χ1v) is 10.4. The van der Waals surface area contributed by atoms with Crippen molar-refractivity contribution in [2.24, 2.45) is 0 Å². The van der Waals surface area contributed by atoms with Crippen LogP contribution in [0.3, 0.4) is 0 Å². The van der Waals surface area contributed by atoms with Gasteiger partial charge in [0.2, 0.25) is 10.0 Å². The molecule has 0 aromatic carbocycles. The molecule has 8 nitrogen and oxygen atoms in total. The van der Waals surface area contributed by atoms with E-state index in [9.17, 15) is 8.42 Å². The third-order valence-corrected chi connectivity index (χ3v) is 7.15. The van der Waals surface area contributed by atoms with Crippen LogP contribution in [0.15, 0.2) is 9.42 Å². The van der Waals surface area contributed by atoms with Gasteiger partial charge in [-0.15, -0.1) is 0 Å². The van der Waals surface area contributed by atoms with Gasteiger partial charge in [0.1, 0.15) is 10.6 Å². The minimum atomic E-state index is -3.64. The summed E-state index contributed by atoms with van der Waals surface area (Å²) in [5.41, 5.74) is 0.428. The number of piperidine rings is 1. The summed E-state index contributed by atoms with van der Waals surface area (Å²) in [6.45, 7) is 9.27. The van der Waals surface area contributed by atoms with E-state index in [1.54, 1.807) is 18.2 Å². The highest BCUT2D eigenvalue weighted by Crippen LogP contribution is 2.26. The molecule has 1 N–H and O–H groups in total. The number of aromatic nitrogens is 1. The zero-order valence-corrected chi connectivity index (χ0v) is 15.8. The first-order chi connectivity index (χ1) is 12.0. The average molecular weight is 372 g/mol. The minimum absolute atomic E-state index is 0.0338. The van der Waals surface area contributed by atoms with E-state index in [1.165, 1.54) is 0 Å². The largest absolute Gasteiger partial charge is 0.379 e. The molecule has 0 radical (unpaired) electrons. The molecule has 0 saturated carbocycles. The molecule has 2 aliphatic heterocycles. The number of hydrogen-bond acceptors (Lipinski definition) is 7. The summed E-state index contributed by atoms with van der Waals surface area (Å²) in [6.07, 6.45) is 1.86. The lowest BCUT2D eigenvalue weighted by Crippen LogP contribution is -2.51. The van der Waals surface area contributed by atoms with Crippen LogP contribution < -0.4 is 5.32 Å². The van der Waals surface area contributed by atoms with Crippen LogP contribution in [0.1, 0.15) is 24.3 Å². The summed E-state index contributed by atoms with van der Waals surface area (Å²) in [7, 11) is -3.64. The van der Waals surface area contributed by atoms with Crippen molar-refractivity contribution in [1.29, 1.82) is 0 Å². The van der Waals surface area contributed by atoms with E-state index in [2.05, 4.69) is 15.4 Å². The third kappa shape index (κ3) is 4.22. The summed E-state index contributed by atoms with van der Waals surface area (Å²) in [5, 5.41) is 7.16. The van der Waals surface area contributed by atoms with Gasteiger partial charge in [0.05, 0.1) is 13.2 Å². The van der Waals surface area contributed by atoms with Gasteiger partial charge in [-0.05, 0) is 33.2 Å². The SMILES string of the molecule is Cc1noc(C)c1S(=O)(=O)N(CCN1CCOCC1)C1CCCNC1. The Hall–Kier alpha value is -1.00. The highest BCUT2D eigenvalue weighted by molar-refractivity contribution is 7.89. The van der Waals surface area contributed by atoms with E-state index in [4.69, 9.17) is 9.26 Å². The van der Waals surface area contributed by atoms with E-state index >= 15 is 0 Å². The smallest absolute Gasteiger partial charge is 0.248 e. The summed E-state index contributed by atoms with van der Waals surface area (Å²) in [5.74, 6) is 0.359. The van der Waals surface area contributed by atoms with E-state index < -0.39 is 10.0 Å². The van der Waals surface area contributed by atoms with Gasteiger partial charge >= 0.3 is 0 Å². The Bertz CT molecular complexity index is 644. The molecule has 1 atom stereocenters. The fourth-order valence-electron chi connectivity index (χ4n) is 3.60. The summed E-state index contributed by atoms with van der Waals surface area (Å²) in [4.78, 5) is 2.48. The van der Waals surface area contributed by atoms with Crippen molar-refractivity contribution in [3.63, 3.8) is 0 Å². The molecule has 0 aliphatic carbocycles. The number of ether oxygens (including phenoxy) is 1. The predicted molar refractivity (Wildman–Crippen MR) is 93.0 cm³/mol. The Morgan fingerprint density at radius 1 is 1.32 bits per heavy atom. The van der Waals surface area contributed by atoms with Crippen LogP contribution in [0.4, 0.5) is 0 Å². The van der Waals surface area contributed by atoms with Crippen molar-refractivity contribution in [3.05, 3.63) is 11.5 Å². The van der Waals surface area contributed by atoms with Crippen molar-refractivity contribution in [1.82, 2.24) is 19.7 Å². The van der Waals surface area contributed by atoms with Gasteiger partial charge in [0.15, 0.2) is 5.76 Å². The van der Waals surface area contributed by atoms with E-state index in [0.29, 0.717) is 44.3 Å². The molecule has 142 valence electrons. The highest BCUT2D eigenvalue weighted by Gasteiger charge is 2.36. The molecule has 9 heteroatoms. The normalized spacial score (nSPS) is 23.2. The number of rotatable bonds is 6. The maximum absolute atomic E-state index is 13.4. The molecule has 25 heavy (non-hydrogen) atoms. The van der Waals surface area contributed by atoms with Crippen molar-refractivity contribution in [2.45, 2.75) is 37.6 Å². The highest BCUT2D eigenvalue weighted by atomic mass is 32.2. The number of nitrogens with one attached hydrogen (secondary N) is 1. The third-order valence-electron chi connectivity index (χ3n) is 4.95. The van der Waals surface area contributed by atoms with Crippen LogP contribution in [-0.2, 0) is 14.8 Å². The zero-order chi connectivity index (χ0) is 17.9. The van der Waals surface area contributed by atoms with Crippen molar-refractivity contribution in [3.8, 4) is 0 Å². The number of morpholine rings is 1. The van der Waals surface area contributed by atoms with Gasteiger partial charge in [-0.25, -0.2) is 8.42 Å². The van der Waals surface area contributed by atoms with Crippen LogP contribution in [-0.4, -0.2) is 81.3 Å². The second kappa shape index (κ2) is 8.13. The van der Waals surface area contributed by atoms with E-state index in [1.807, 2.05) is 0 Å². The molecule has 3 heterocycles. The fraction of sp³-hybridized carbons (Fsp3) is 0.812. The number of nitrogens with zero attached hydrogens (tertiary/aromatic N) is 3. The molecule has 1 aromatic heterocycles. The number of aryl methyl sites for hydroxylation is 2. The molecule has 0 bridgehead atoms. The Kier molecular flexibility index (Phi) is 6.11. The lowest BCUT2D eigenvalue weighted by Gasteiger charge is -2.35. The Morgan fingerprint density at radius 2 is 2.08 bits per heavy atom. The topological polar surface area (TPSA) is 87.9 Å². The number of sulfonamides is 1. The molecule has 2 saturated heterocycles. The second-order valence-corrected chi connectivity index (χ2v) is 8.55. The molecule has 0 amide bonds. The summed E-state index contributed by atoms with van der Waals surface area (Å²) in [6, 6.07) is -0.0338. The molecular weight excluding hydrogens is 344 g/mol.